The molecule has 0 unspecified atom stereocenters. The molecule has 2 aromatic rings. The zero-order chi connectivity index (χ0) is 32.7. The van der Waals surface area contributed by atoms with Gasteiger partial charge in [0.1, 0.15) is 0 Å². The molecule has 0 saturated heterocycles. The Morgan fingerprint density at radius 2 is 1.71 bits per heavy atom. The van der Waals surface area contributed by atoms with Gasteiger partial charge in [-0.15, -0.1) is 5.75 Å². The number of unbranched alkanes of at least 4 members (excludes halogenated alkanes) is 7. The Hall–Kier alpha value is -2.39. The van der Waals surface area contributed by atoms with Crippen molar-refractivity contribution in [1.82, 2.24) is 10.3 Å². The molecule has 254 valence electrons. The largest absolute Gasteiger partial charge is 0.872 e. The Morgan fingerprint density at radius 1 is 1.02 bits per heavy atom. The highest BCUT2D eigenvalue weighted by Gasteiger charge is 2.48. The molecule has 8 heteroatoms. The maximum Gasteiger partial charge on any atom is 0.309 e. The van der Waals surface area contributed by atoms with E-state index in [2.05, 4.69) is 17.2 Å². The monoisotopic (exact) mass is 627 g/mol. The molecule has 3 rings (SSSR count). The average Bonchev–Trinajstić information content (AvgIpc) is 3.63. The van der Waals surface area contributed by atoms with E-state index >= 15 is 0 Å². The van der Waals surface area contributed by atoms with Crippen molar-refractivity contribution in [3.8, 4) is 17.0 Å². The van der Waals surface area contributed by atoms with Crippen molar-refractivity contribution >= 4 is 5.97 Å². The molecule has 0 spiro atoms. The highest BCUT2D eigenvalue weighted by molar-refractivity contribution is 5.70. The lowest BCUT2D eigenvalue weighted by Gasteiger charge is -2.39. The van der Waals surface area contributed by atoms with Gasteiger partial charge in [-0.2, -0.15) is 0 Å². The topological polar surface area (TPSA) is 149 Å². The molecule has 0 bridgehead atoms. The van der Waals surface area contributed by atoms with Crippen LogP contribution in [0.3, 0.4) is 0 Å². The third-order valence-electron chi connectivity index (χ3n) is 10.1. The van der Waals surface area contributed by atoms with Gasteiger partial charge in [0.2, 0.25) is 0 Å². The summed E-state index contributed by atoms with van der Waals surface area (Å²) in [7, 11) is 1.83. The van der Waals surface area contributed by atoms with Crippen molar-refractivity contribution in [3.63, 3.8) is 0 Å². The smallest absolute Gasteiger partial charge is 0.309 e. The summed E-state index contributed by atoms with van der Waals surface area (Å²) in [5.41, 5.74) is 1.66. The second-order valence-corrected chi connectivity index (χ2v) is 13.6. The number of benzene rings is 1. The molecule has 1 saturated carbocycles. The quantitative estimate of drug-likeness (QED) is 0.0806. The summed E-state index contributed by atoms with van der Waals surface area (Å²) in [6, 6.07) is 10.7. The van der Waals surface area contributed by atoms with Crippen LogP contribution in [0.4, 0.5) is 0 Å². The van der Waals surface area contributed by atoms with Gasteiger partial charge in [0.05, 0.1) is 23.7 Å². The van der Waals surface area contributed by atoms with Crippen molar-refractivity contribution in [1.29, 1.82) is 0 Å². The number of aliphatic hydroxyl groups excluding tert-OH is 2. The number of H-pyrrole nitrogens is 1. The van der Waals surface area contributed by atoms with Crippen LogP contribution in [0, 0.1) is 17.8 Å². The van der Waals surface area contributed by atoms with Gasteiger partial charge in [-0.25, -0.2) is 0 Å². The van der Waals surface area contributed by atoms with Gasteiger partial charge in [-0.3, -0.25) is 4.79 Å². The number of hydrogen-bond acceptors (Lipinski definition) is 6. The minimum absolute atomic E-state index is 0.0321. The van der Waals surface area contributed by atoms with Gasteiger partial charge in [-0.05, 0) is 75.6 Å². The van der Waals surface area contributed by atoms with E-state index in [9.17, 15) is 30.3 Å². The molecule has 1 fully saturated rings. The number of carboxylic acid groups (broad SMARTS) is 1. The molecule has 0 aliphatic heterocycles. The average molecular weight is 628 g/mol. The van der Waals surface area contributed by atoms with Gasteiger partial charge in [0, 0.05) is 23.9 Å². The van der Waals surface area contributed by atoms with E-state index in [0.717, 1.165) is 74.7 Å². The van der Waals surface area contributed by atoms with Crippen molar-refractivity contribution in [3.05, 3.63) is 42.1 Å². The first-order chi connectivity index (χ1) is 21.7. The fraction of sp³-hybridized carbons (Fsp3) is 0.703. The fourth-order valence-corrected chi connectivity index (χ4v) is 7.43. The van der Waals surface area contributed by atoms with Gasteiger partial charge in [0.25, 0.3) is 0 Å². The van der Waals surface area contributed by atoms with Crippen LogP contribution in [-0.4, -0.2) is 62.8 Å². The number of aromatic amines is 1. The Balaban J connectivity index is 1.50. The van der Waals surface area contributed by atoms with Gasteiger partial charge < -0.3 is 35.8 Å². The van der Waals surface area contributed by atoms with E-state index < -0.39 is 23.6 Å². The van der Waals surface area contributed by atoms with Crippen LogP contribution in [0.25, 0.3) is 11.3 Å². The van der Waals surface area contributed by atoms with E-state index in [1.807, 2.05) is 25.2 Å². The third-order valence-corrected chi connectivity index (χ3v) is 10.1. The summed E-state index contributed by atoms with van der Waals surface area (Å²) in [6.45, 7) is 2.69. The van der Waals surface area contributed by atoms with E-state index in [-0.39, 0.29) is 30.1 Å². The molecule has 0 radical (unpaired) electrons. The maximum absolute atomic E-state index is 12.2. The number of aromatic nitrogens is 1. The third kappa shape index (κ3) is 11.7. The van der Waals surface area contributed by atoms with Crippen molar-refractivity contribution < 1.29 is 30.3 Å². The zero-order valence-electron chi connectivity index (χ0n) is 27.7. The van der Waals surface area contributed by atoms with Gasteiger partial charge in [0.15, 0.2) is 0 Å². The number of aliphatic carboxylic acids is 1. The fourth-order valence-electron chi connectivity index (χ4n) is 7.43. The molecular weight excluding hydrogens is 568 g/mol. The molecule has 1 aromatic carbocycles. The number of carboxylic acids is 1. The SMILES string of the molecule is CCCCCCC[C@H](O)CCCCCC[C@H](C(=O)O)[C@H](O)C[C@@H](CNC)[C@@]1(O)CCC[C@H]1Cc1ccc(-c2cccc([O-])c2)[nH]1. The number of aliphatic hydroxyl groups is 3. The zero-order valence-corrected chi connectivity index (χ0v) is 27.7. The molecule has 45 heavy (non-hydrogen) atoms. The number of rotatable bonds is 23. The van der Waals surface area contributed by atoms with Crippen molar-refractivity contribution in [2.24, 2.45) is 17.8 Å². The first kappa shape index (κ1) is 37.1. The Morgan fingerprint density at radius 3 is 2.36 bits per heavy atom. The van der Waals surface area contributed by atoms with E-state index in [4.69, 9.17) is 0 Å². The summed E-state index contributed by atoms with van der Waals surface area (Å²) in [5, 5.41) is 58.5. The van der Waals surface area contributed by atoms with Crippen molar-refractivity contribution in [2.45, 2.75) is 134 Å². The molecule has 1 aliphatic rings. The lowest BCUT2D eigenvalue weighted by atomic mass is 9.73. The van der Waals surface area contributed by atoms with Crippen LogP contribution in [0.15, 0.2) is 36.4 Å². The van der Waals surface area contributed by atoms with Crippen molar-refractivity contribution in [2.75, 3.05) is 13.6 Å². The summed E-state index contributed by atoms with van der Waals surface area (Å²) >= 11 is 0. The van der Waals surface area contributed by atoms with Crippen LogP contribution in [-0.2, 0) is 11.2 Å². The van der Waals surface area contributed by atoms with E-state index in [0.29, 0.717) is 25.8 Å². The summed E-state index contributed by atoms with van der Waals surface area (Å²) < 4.78 is 0. The van der Waals surface area contributed by atoms with Crippen LogP contribution < -0.4 is 10.4 Å². The summed E-state index contributed by atoms with van der Waals surface area (Å²) in [4.78, 5) is 15.6. The van der Waals surface area contributed by atoms with Crippen LogP contribution in [0.2, 0.25) is 0 Å². The van der Waals surface area contributed by atoms with Gasteiger partial charge in [-0.1, -0.05) is 95.4 Å². The molecule has 1 aromatic heterocycles. The highest BCUT2D eigenvalue weighted by Crippen LogP contribution is 2.45. The molecule has 8 nitrogen and oxygen atoms in total. The summed E-state index contributed by atoms with van der Waals surface area (Å²) in [6.07, 6.45) is 13.4. The molecule has 0 amide bonds. The number of nitrogens with one attached hydrogen (secondary N) is 2. The van der Waals surface area contributed by atoms with Crippen LogP contribution >= 0.6 is 0 Å². The molecule has 6 atom stereocenters. The van der Waals surface area contributed by atoms with Crippen LogP contribution in [0.1, 0.15) is 115 Å². The number of hydrogen-bond donors (Lipinski definition) is 6. The minimum atomic E-state index is -1.04. The molecule has 1 aliphatic carbocycles. The first-order valence-electron chi connectivity index (χ1n) is 17.6. The summed E-state index contributed by atoms with van der Waals surface area (Å²) in [5.74, 6) is -2.22. The molecular formula is C37H59N2O6-. The molecule has 1 heterocycles. The normalized spacial score (nSPS) is 21.0. The van der Waals surface area contributed by atoms with Crippen LogP contribution in [0.5, 0.6) is 5.75 Å². The standard InChI is InChI=1S/C37H60N2O6/c1-3-4-5-6-9-16-31(40)17-10-7-8-11-19-33(36(43)44)35(42)25-29(26-38-2)37(45)22-13-15-28(37)24-30-20-21-34(39-30)27-14-12-18-32(41)23-27/h12,14,18,20-21,23,28-29,31,33,35,38-42,45H,3-11,13,15-17,19,22,24-26H2,1-2H3,(H,43,44)/p-1/t28-,29-,31-,33-,35+,37+/m0/s1. The maximum atomic E-state index is 12.2. The van der Waals surface area contributed by atoms with E-state index in [1.165, 1.54) is 31.7 Å². The second kappa shape index (κ2) is 19.3. The van der Waals surface area contributed by atoms with Gasteiger partial charge >= 0.3 is 5.97 Å². The second-order valence-electron chi connectivity index (χ2n) is 13.6. The predicted octanol–water partition coefficient (Wildman–Crippen LogP) is 6.18. The van der Waals surface area contributed by atoms with E-state index in [1.54, 1.807) is 12.1 Å². The Bertz CT molecular complexity index is 1120. The lowest BCUT2D eigenvalue weighted by Crippen LogP contribution is -2.48. The first-order valence-corrected chi connectivity index (χ1v) is 17.6. The highest BCUT2D eigenvalue weighted by atomic mass is 16.4. The number of carbonyl (C=O) groups is 1. The molecule has 6 N–H and O–H groups in total. The Kier molecular flexibility index (Phi) is 15.9. The minimum Gasteiger partial charge on any atom is -0.872 e. The predicted molar refractivity (Wildman–Crippen MR) is 178 cm³/mol. The lowest BCUT2D eigenvalue weighted by molar-refractivity contribution is -0.268. The Labute approximate surface area is 270 Å².